The second-order valence-electron chi connectivity index (χ2n) is 4.47. The molecule has 8 heteroatoms. The SMILES string of the molecule is CC(N=C(N)S(C)(=O)=O)N[C@@H](C)c1ccc(F)cc1F. The van der Waals surface area contributed by atoms with E-state index in [1.54, 1.807) is 13.8 Å². The number of hydrogen-bond donors (Lipinski definition) is 2. The van der Waals surface area contributed by atoms with E-state index in [0.29, 0.717) is 0 Å². The van der Waals surface area contributed by atoms with Gasteiger partial charge in [-0.05, 0) is 19.9 Å². The lowest BCUT2D eigenvalue weighted by atomic mass is 10.1. The molecule has 20 heavy (non-hydrogen) atoms. The van der Waals surface area contributed by atoms with Gasteiger partial charge >= 0.3 is 0 Å². The second-order valence-corrected chi connectivity index (χ2v) is 6.43. The summed E-state index contributed by atoms with van der Waals surface area (Å²) in [5, 5.41) is 2.37. The van der Waals surface area contributed by atoms with Crippen LogP contribution in [0.3, 0.4) is 0 Å². The quantitative estimate of drug-likeness (QED) is 0.649. The number of nitrogens with two attached hydrogens (primary N) is 1. The van der Waals surface area contributed by atoms with E-state index in [0.717, 1.165) is 18.4 Å². The molecule has 0 heterocycles. The molecule has 0 bridgehead atoms. The number of hydrogen-bond acceptors (Lipinski definition) is 4. The summed E-state index contributed by atoms with van der Waals surface area (Å²) >= 11 is 0. The van der Waals surface area contributed by atoms with Crippen molar-refractivity contribution >= 4 is 15.0 Å². The Kier molecular flexibility index (Phi) is 5.18. The lowest BCUT2D eigenvalue weighted by Gasteiger charge is -2.18. The molecule has 3 N–H and O–H groups in total. The Morgan fingerprint density at radius 1 is 1.35 bits per heavy atom. The molecule has 0 aromatic heterocycles. The molecule has 0 fully saturated rings. The van der Waals surface area contributed by atoms with Gasteiger partial charge in [0.25, 0.3) is 0 Å². The molecule has 0 aliphatic carbocycles. The van der Waals surface area contributed by atoms with Gasteiger partial charge in [0.1, 0.15) is 17.8 Å². The molecular formula is C12H17F2N3O2S. The van der Waals surface area contributed by atoms with Crippen LogP contribution in [0.25, 0.3) is 0 Å². The number of aliphatic imine (C=N–C) groups is 1. The summed E-state index contributed by atoms with van der Waals surface area (Å²) in [6.07, 6.45) is 0.311. The monoisotopic (exact) mass is 305 g/mol. The zero-order chi connectivity index (χ0) is 15.5. The maximum atomic E-state index is 13.6. The van der Waals surface area contributed by atoms with Gasteiger partial charge in [0, 0.05) is 23.9 Å². The van der Waals surface area contributed by atoms with Gasteiger partial charge in [-0.25, -0.2) is 22.2 Å². The van der Waals surface area contributed by atoms with Gasteiger partial charge in [-0.1, -0.05) is 6.07 Å². The van der Waals surface area contributed by atoms with Crippen molar-refractivity contribution in [1.82, 2.24) is 5.32 Å². The number of rotatable bonds is 4. The first-order valence-corrected chi connectivity index (χ1v) is 7.74. The molecule has 0 aliphatic rings. The van der Waals surface area contributed by atoms with E-state index in [9.17, 15) is 17.2 Å². The lowest BCUT2D eigenvalue weighted by Crippen LogP contribution is -2.32. The third-order valence-corrected chi connectivity index (χ3v) is 3.49. The lowest BCUT2D eigenvalue weighted by molar-refractivity contribution is 0.470. The van der Waals surface area contributed by atoms with Crippen molar-refractivity contribution in [2.75, 3.05) is 6.26 Å². The van der Waals surface area contributed by atoms with E-state index < -0.39 is 38.8 Å². The predicted octanol–water partition coefficient (Wildman–Crippen LogP) is 1.32. The van der Waals surface area contributed by atoms with E-state index in [4.69, 9.17) is 5.73 Å². The molecule has 112 valence electrons. The molecule has 0 aliphatic heterocycles. The highest BCUT2D eigenvalue weighted by atomic mass is 32.2. The third-order valence-electron chi connectivity index (χ3n) is 2.62. The average Bonchev–Trinajstić information content (AvgIpc) is 2.26. The minimum absolute atomic E-state index is 0.256. The fourth-order valence-corrected chi connectivity index (χ4v) is 1.98. The Labute approximate surface area is 116 Å². The third kappa shape index (κ3) is 4.53. The van der Waals surface area contributed by atoms with Crippen molar-refractivity contribution in [3.05, 3.63) is 35.4 Å². The summed E-state index contributed by atoms with van der Waals surface area (Å²) < 4.78 is 48.6. The van der Waals surface area contributed by atoms with Gasteiger partial charge in [-0.3, -0.25) is 5.32 Å². The molecule has 1 rings (SSSR count). The van der Waals surface area contributed by atoms with Gasteiger partial charge in [0.2, 0.25) is 15.0 Å². The zero-order valence-electron chi connectivity index (χ0n) is 11.4. The highest BCUT2D eigenvalue weighted by molar-refractivity contribution is 8.05. The summed E-state index contributed by atoms with van der Waals surface area (Å²) in [6.45, 7) is 3.23. The predicted molar refractivity (Wildman–Crippen MR) is 73.8 cm³/mol. The Morgan fingerprint density at radius 3 is 2.45 bits per heavy atom. The normalized spacial score (nSPS) is 15.9. The number of nitrogens with zero attached hydrogens (tertiary/aromatic N) is 1. The van der Waals surface area contributed by atoms with Gasteiger partial charge in [0.05, 0.1) is 0 Å². The van der Waals surface area contributed by atoms with E-state index in [2.05, 4.69) is 10.3 Å². The topological polar surface area (TPSA) is 84.5 Å². The molecule has 0 saturated carbocycles. The van der Waals surface area contributed by atoms with E-state index in [1.807, 2.05) is 0 Å². The smallest absolute Gasteiger partial charge is 0.214 e. The van der Waals surface area contributed by atoms with Gasteiger partial charge < -0.3 is 5.73 Å². The van der Waals surface area contributed by atoms with Crippen molar-refractivity contribution in [2.45, 2.75) is 26.1 Å². The van der Waals surface area contributed by atoms with Crippen LogP contribution in [0.1, 0.15) is 25.5 Å². The van der Waals surface area contributed by atoms with E-state index in [1.165, 1.54) is 6.07 Å². The second kappa shape index (κ2) is 6.27. The molecule has 0 spiro atoms. The average molecular weight is 305 g/mol. The van der Waals surface area contributed by atoms with Crippen molar-refractivity contribution in [3.8, 4) is 0 Å². The minimum Gasteiger partial charge on any atom is -0.374 e. The van der Waals surface area contributed by atoms with Crippen LogP contribution in [-0.4, -0.2) is 26.0 Å². The van der Waals surface area contributed by atoms with Crippen LogP contribution in [0.2, 0.25) is 0 Å². The van der Waals surface area contributed by atoms with Crippen molar-refractivity contribution in [3.63, 3.8) is 0 Å². The molecule has 1 unspecified atom stereocenters. The number of amidine groups is 1. The molecule has 5 nitrogen and oxygen atoms in total. The van der Waals surface area contributed by atoms with E-state index >= 15 is 0 Å². The highest BCUT2D eigenvalue weighted by Gasteiger charge is 2.15. The summed E-state index contributed by atoms with van der Waals surface area (Å²) in [7, 11) is -3.55. The number of sulfone groups is 1. The Hall–Kier alpha value is -1.54. The largest absolute Gasteiger partial charge is 0.374 e. The molecule has 2 atom stereocenters. The van der Waals surface area contributed by atoms with Crippen molar-refractivity contribution in [2.24, 2.45) is 10.7 Å². The first kappa shape index (κ1) is 16.5. The Morgan fingerprint density at radius 2 is 1.95 bits per heavy atom. The zero-order valence-corrected chi connectivity index (χ0v) is 12.2. The maximum Gasteiger partial charge on any atom is 0.214 e. The summed E-state index contributed by atoms with van der Waals surface area (Å²) in [5.41, 5.74) is 5.57. The standard InChI is InChI=1S/C12H17F2N3O2S/c1-7(10-5-4-9(13)6-11(10)14)16-8(2)17-12(15)20(3,18)19/h4-8,16H,1-3H3,(H2,15,17)/t7-,8?/m0/s1. The first-order chi connectivity index (χ1) is 9.11. The van der Waals surface area contributed by atoms with Crippen LogP contribution < -0.4 is 11.1 Å². The first-order valence-electron chi connectivity index (χ1n) is 5.85. The van der Waals surface area contributed by atoms with Gasteiger partial charge in [-0.15, -0.1) is 0 Å². The maximum absolute atomic E-state index is 13.6. The Balaban J connectivity index is 2.83. The molecule has 0 radical (unpaired) electrons. The fourth-order valence-electron chi connectivity index (χ4n) is 1.63. The number of benzene rings is 1. The highest BCUT2D eigenvalue weighted by Crippen LogP contribution is 2.18. The fraction of sp³-hybridized carbons (Fsp3) is 0.417. The van der Waals surface area contributed by atoms with Crippen molar-refractivity contribution in [1.29, 1.82) is 0 Å². The van der Waals surface area contributed by atoms with Crippen LogP contribution in [0.15, 0.2) is 23.2 Å². The van der Waals surface area contributed by atoms with Gasteiger partial charge in [0.15, 0.2) is 0 Å². The Bertz CT molecular complexity index is 617. The summed E-state index contributed by atoms with van der Waals surface area (Å²) in [6, 6.07) is 2.77. The van der Waals surface area contributed by atoms with Crippen LogP contribution in [0, 0.1) is 11.6 Å². The summed E-state index contributed by atoms with van der Waals surface area (Å²) in [4.78, 5) is 3.76. The van der Waals surface area contributed by atoms with Crippen LogP contribution in [0.5, 0.6) is 0 Å². The summed E-state index contributed by atoms with van der Waals surface area (Å²) in [5.74, 6) is -1.34. The molecule has 0 amide bonds. The molecule has 1 aromatic rings. The molecular weight excluding hydrogens is 288 g/mol. The molecule has 1 aromatic carbocycles. The molecule has 0 saturated heterocycles. The van der Waals surface area contributed by atoms with Crippen LogP contribution >= 0.6 is 0 Å². The minimum atomic E-state index is -3.55. The van der Waals surface area contributed by atoms with Gasteiger partial charge in [-0.2, -0.15) is 0 Å². The van der Waals surface area contributed by atoms with Crippen molar-refractivity contribution < 1.29 is 17.2 Å². The number of nitrogens with one attached hydrogen (secondary N) is 1. The van der Waals surface area contributed by atoms with Crippen LogP contribution in [0.4, 0.5) is 8.78 Å². The number of halogens is 2. The van der Waals surface area contributed by atoms with E-state index in [-0.39, 0.29) is 5.56 Å². The van der Waals surface area contributed by atoms with Crippen LogP contribution in [-0.2, 0) is 9.84 Å².